The summed E-state index contributed by atoms with van der Waals surface area (Å²) in [4.78, 5) is 4.26. The van der Waals surface area contributed by atoms with Crippen LogP contribution in [0.4, 0.5) is 0 Å². The maximum atomic E-state index is 9.18. The van der Waals surface area contributed by atoms with Gasteiger partial charge >= 0.3 is 83.3 Å². The third kappa shape index (κ3) is 1.62. The van der Waals surface area contributed by atoms with E-state index in [0.29, 0.717) is 5.69 Å². The zero-order valence-electron chi connectivity index (χ0n) is 6.77. The Morgan fingerprint density at radius 3 is 2.69 bits per heavy atom. The Hall–Kier alpha value is -1.18. The molecule has 0 saturated carbocycles. The molecular weight excluding hydrogens is 229 g/mol. The third-order valence-electron chi connectivity index (χ3n) is 1.82. The van der Waals surface area contributed by atoms with Gasteiger partial charge in [-0.3, -0.25) is 0 Å². The molecule has 0 spiro atoms. The average molecular weight is 236 g/mol. The average Bonchev–Trinajstić information content (AvgIpc) is 2.17. The molecule has 0 aliphatic rings. The van der Waals surface area contributed by atoms with E-state index in [-0.39, 0.29) is 4.60 Å². The van der Waals surface area contributed by atoms with Crippen molar-refractivity contribution in [3.05, 3.63) is 42.1 Å². The number of aliphatic hydroxyl groups is 1. The number of hydrogen-bond acceptors (Lipinski definition) is 2. The third-order valence-corrected chi connectivity index (χ3v) is 2.26. The van der Waals surface area contributed by atoms with E-state index >= 15 is 0 Å². The summed E-state index contributed by atoms with van der Waals surface area (Å²) in [7, 11) is 0. The van der Waals surface area contributed by atoms with Crippen LogP contribution in [0.15, 0.2) is 36.4 Å². The van der Waals surface area contributed by atoms with Gasteiger partial charge in [-0.15, -0.1) is 0 Å². The summed E-state index contributed by atoms with van der Waals surface area (Å²) < 4.78 is 0.130. The minimum atomic E-state index is 0.130. The number of benzene rings is 1. The Balaban J connectivity index is 2.69. The minimum absolute atomic E-state index is 0.130. The summed E-state index contributed by atoms with van der Waals surface area (Å²) >= 11 is 2.53. The summed E-state index contributed by atoms with van der Waals surface area (Å²) in [6.45, 7) is 0. The number of pyridine rings is 1. The zero-order chi connectivity index (χ0) is 9.26. The second-order valence-corrected chi connectivity index (χ2v) is 3.51. The van der Waals surface area contributed by atoms with Crippen molar-refractivity contribution in [1.82, 2.24) is 4.98 Å². The molecule has 2 aromatic rings. The quantitative estimate of drug-likeness (QED) is 0.756. The van der Waals surface area contributed by atoms with Gasteiger partial charge in [0.2, 0.25) is 0 Å². The topological polar surface area (TPSA) is 33.1 Å². The van der Waals surface area contributed by atoms with Gasteiger partial charge in [-0.05, 0) is 0 Å². The van der Waals surface area contributed by atoms with Gasteiger partial charge in [0, 0.05) is 0 Å². The first-order valence-electron chi connectivity index (χ1n) is 3.86. The Labute approximate surface area is 83.6 Å². The van der Waals surface area contributed by atoms with Gasteiger partial charge in [0.1, 0.15) is 0 Å². The molecule has 0 radical (unpaired) electrons. The fraction of sp³-hybridized carbons (Fsp3) is 0. The standard InChI is InChI=1S/C10H7NOSe/c12-10(13)9-6-5-7-3-1-2-4-8(7)11-9/h1-6H,(H,12,13). The van der Waals surface area contributed by atoms with E-state index in [1.165, 1.54) is 0 Å². The number of para-hydroxylation sites is 1. The fourth-order valence-corrected chi connectivity index (χ4v) is 1.42. The van der Waals surface area contributed by atoms with E-state index in [9.17, 15) is 5.11 Å². The number of aliphatic hydroxyl groups excluding tert-OH is 1. The van der Waals surface area contributed by atoms with Crippen molar-refractivity contribution in [3.8, 4) is 0 Å². The molecule has 1 aromatic heterocycles. The van der Waals surface area contributed by atoms with Gasteiger partial charge < -0.3 is 0 Å². The first-order chi connectivity index (χ1) is 6.27. The van der Waals surface area contributed by atoms with Crippen LogP contribution in [0.25, 0.3) is 10.9 Å². The van der Waals surface area contributed by atoms with Crippen LogP contribution in [0.2, 0.25) is 0 Å². The number of rotatable bonds is 1. The molecule has 1 N–H and O–H groups in total. The maximum absolute atomic E-state index is 9.18. The van der Waals surface area contributed by atoms with Crippen molar-refractivity contribution >= 4 is 31.1 Å². The Bertz CT molecular complexity index is 467. The summed E-state index contributed by atoms with van der Waals surface area (Å²) in [6, 6.07) is 11.5. The van der Waals surface area contributed by atoms with Gasteiger partial charge in [0.05, 0.1) is 0 Å². The predicted molar refractivity (Wildman–Crippen MR) is 53.5 cm³/mol. The summed E-state index contributed by atoms with van der Waals surface area (Å²) in [5, 5.41) is 10.3. The number of fused-ring (bicyclic) bond motifs is 1. The van der Waals surface area contributed by atoms with E-state index in [4.69, 9.17) is 0 Å². The molecule has 2 rings (SSSR count). The zero-order valence-corrected chi connectivity index (χ0v) is 8.48. The molecule has 0 bridgehead atoms. The molecule has 1 heterocycles. The van der Waals surface area contributed by atoms with Gasteiger partial charge in [0.15, 0.2) is 0 Å². The second kappa shape index (κ2) is 3.29. The monoisotopic (exact) mass is 237 g/mol. The Morgan fingerprint density at radius 1 is 1.15 bits per heavy atom. The summed E-state index contributed by atoms with van der Waals surface area (Å²) in [5.41, 5.74) is 1.47. The second-order valence-electron chi connectivity index (χ2n) is 2.69. The Kier molecular flexibility index (Phi) is 2.13. The normalized spacial score (nSPS) is 10.2. The van der Waals surface area contributed by atoms with Crippen LogP contribution in [0.3, 0.4) is 0 Å². The van der Waals surface area contributed by atoms with Crippen molar-refractivity contribution in [2.45, 2.75) is 0 Å². The molecule has 0 atom stereocenters. The summed E-state index contributed by atoms with van der Waals surface area (Å²) in [5.74, 6) is 0. The van der Waals surface area contributed by atoms with E-state index in [0.717, 1.165) is 10.9 Å². The van der Waals surface area contributed by atoms with Crippen molar-refractivity contribution in [3.63, 3.8) is 0 Å². The van der Waals surface area contributed by atoms with Gasteiger partial charge in [0.25, 0.3) is 0 Å². The SMILES string of the molecule is OC(=[Se])c1ccc2ccccc2n1. The summed E-state index contributed by atoms with van der Waals surface area (Å²) in [6.07, 6.45) is 0. The Morgan fingerprint density at radius 2 is 1.92 bits per heavy atom. The van der Waals surface area contributed by atoms with Crippen molar-refractivity contribution < 1.29 is 5.11 Å². The van der Waals surface area contributed by atoms with Crippen molar-refractivity contribution in [1.29, 1.82) is 0 Å². The molecule has 0 fully saturated rings. The molecule has 0 amide bonds. The van der Waals surface area contributed by atoms with Crippen LogP contribution in [0, 0.1) is 0 Å². The van der Waals surface area contributed by atoms with E-state index < -0.39 is 0 Å². The molecule has 3 heteroatoms. The predicted octanol–water partition coefficient (Wildman–Crippen LogP) is 1.25. The molecule has 2 nitrogen and oxygen atoms in total. The fourth-order valence-electron chi connectivity index (χ4n) is 1.19. The molecule has 0 aliphatic heterocycles. The van der Waals surface area contributed by atoms with E-state index in [1.807, 2.05) is 30.3 Å². The van der Waals surface area contributed by atoms with Gasteiger partial charge in [-0.2, -0.15) is 0 Å². The molecular formula is C10H7NOSe. The van der Waals surface area contributed by atoms with Crippen LogP contribution in [0.1, 0.15) is 5.69 Å². The number of nitrogens with zero attached hydrogens (tertiary/aromatic N) is 1. The number of aromatic nitrogens is 1. The van der Waals surface area contributed by atoms with Crippen LogP contribution < -0.4 is 0 Å². The van der Waals surface area contributed by atoms with Crippen LogP contribution in [0.5, 0.6) is 0 Å². The molecule has 64 valence electrons. The molecule has 0 unspecified atom stereocenters. The van der Waals surface area contributed by atoms with Crippen LogP contribution in [-0.4, -0.2) is 30.3 Å². The van der Waals surface area contributed by atoms with E-state index in [1.54, 1.807) is 6.07 Å². The molecule has 13 heavy (non-hydrogen) atoms. The van der Waals surface area contributed by atoms with E-state index in [2.05, 4.69) is 20.6 Å². The molecule has 1 aromatic carbocycles. The van der Waals surface area contributed by atoms with Gasteiger partial charge in [-0.25, -0.2) is 0 Å². The first kappa shape index (κ1) is 8.42. The van der Waals surface area contributed by atoms with Crippen LogP contribution in [-0.2, 0) is 0 Å². The van der Waals surface area contributed by atoms with Crippen molar-refractivity contribution in [2.75, 3.05) is 0 Å². The number of hydrogen-bond donors (Lipinski definition) is 1. The van der Waals surface area contributed by atoms with Gasteiger partial charge in [-0.1, -0.05) is 0 Å². The van der Waals surface area contributed by atoms with Crippen LogP contribution >= 0.6 is 0 Å². The first-order valence-corrected chi connectivity index (χ1v) is 4.72. The molecule has 0 aliphatic carbocycles. The van der Waals surface area contributed by atoms with Crippen molar-refractivity contribution in [2.24, 2.45) is 0 Å². The molecule has 0 saturated heterocycles.